The van der Waals surface area contributed by atoms with Gasteiger partial charge >= 0.3 is 0 Å². The average Bonchev–Trinajstić information content (AvgIpc) is 2.76. The van der Waals surface area contributed by atoms with Crippen LogP contribution >= 0.6 is 0 Å². The van der Waals surface area contributed by atoms with Gasteiger partial charge in [-0.25, -0.2) is 9.37 Å². The highest BCUT2D eigenvalue weighted by Gasteiger charge is 2.30. The van der Waals surface area contributed by atoms with Gasteiger partial charge in [-0.3, -0.25) is 0 Å². The lowest BCUT2D eigenvalue weighted by atomic mass is 9.77. The van der Waals surface area contributed by atoms with Gasteiger partial charge in [0.2, 0.25) is 0 Å². The quantitative estimate of drug-likeness (QED) is 0.753. The van der Waals surface area contributed by atoms with Crippen molar-refractivity contribution < 1.29 is 4.39 Å². The predicted molar refractivity (Wildman–Crippen MR) is 70.9 cm³/mol. The minimum Gasteiger partial charge on any atom is -0.337 e. The van der Waals surface area contributed by atoms with Crippen LogP contribution in [-0.2, 0) is 12.5 Å². The van der Waals surface area contributed by atoms with Gasteiger partial charge in [0, 0.05) is 24.4 Å². The smallest absolute Gasteiger partial charge is 0.123 e. The molecule has 2 nitrogen and oxygen atoms in total. The highest BCUT2D eigenvalue weighted by Crippen LogP contribution is 2.35. The molecule has 1 aromatic carbocycles. The van der Waals surface area contributed by atoms with Crippen LogP contribution in [0, 0.1) is 5.82 Å². The third-order valence-electron chi connectivity index (χ3n) is 3.40. The second-order valence-electron chi connectivity index (χ2n) is 4.73. The van der Waals surface area contributed by atoms with Crippen LogP contribution in [0.4, 0.5) is 4.39 Å². The fourth-order valence-corrected chi connectivity index (χ4v) is 2.38. The largest absolute Gasteiger partial charge is 0.337 e. The molecule has 0 spiro atoms. The SMILES string of the molecule is C=CCC(C)(c1cccc(F)c1)c1cncn1C. The van der Waals surface area contributed by atoms with Crippen molar-refractivity contribution in [1.29, 1.82) is 0 Å². The molecule has 18 heavy (non-hydrogen) atoms. The molecule has 2 aromatic rings. The number of nitrogens with zero attached hydrogens (tertiary/aromatic N) is 2. The lowest BCUT2D eigenvalue weighted by molar-refractivity contribution is 0.530. The summed E-state index contributed by atoms with van der Waals surface area (Å²) in [6.45, 7) is 5.89. The molecule has 1 aromatic heterocycles. The van der Waals surface area contributed by atoms with Crippen LogP contribution in [0.15, 0.2) is 49.4 Å². The van der Waals surface area contributed by atoms with E-state index in [0.717, 1.165) is 17.7 Å². The van der Waals surface area contributed by atoms with Gasteiger partial charge in [-0.2, -0.15) is 0 Å². The van der Waals surface area contributed by atoms with Gasteiger partial charge in [0.25, 0.3) is 0 Å². The normalized spacial score (nSPS) is 14.2. The van der Waals surface area contributed by atoms with Crippen LogP contribution in [0.5, 0.6) is 0 Å². The molecule has 1 heterocycles. The molecule has 3 heteroatoms. The number of halogens is 1. The monoisotopic (exact) mass is 244 g/mol. The van der Waals surface area contributed by atoms with E-state index in [1.165, 1.54) is 6.07 Å². The lowest BCUT2D eigenvalue weighted by Crippen LogP contribution is -2.25. The van der Waals surface area contributed by atoms with Crippen molar-refractivity contribution in [3.63, 3.8) is 0 Å². The van der Waals surface area contributed by atoms with Crippen molar-refractivity contribution in [1.82, 2.24) is 9.55 Å². The number of hydrogen-bond donors (Lipinski definition) is 0. The van der Waals surface area contributed by atoms with E-state index in [1.807, 2.05) is 30.0 Å². The van der Waals surface area contributed by atoms with E-state index in [1.54, 1.807) is 18.5 Å². The zero-order valence-electron chi connectivity index (χ0n) is 10.7. The Morgan fingerprint density at radius 2 is 2.28 bits per heavy atom. The topological polar surface area (TPSA) is 17.8 Å². The Hall–Kier alpha value is -1.90. The van der Waals surface area contributed by atoms with Crippen LogP contribution in [-0.4, -0.2) is 9.55 Å². The minimum atomic E-state index is -0.310. The minimum absolute atomic E-state index is 0.218. The Kier molecular flexibility index (Phi) is 3.32. The first-order chi connectivity index (χ1) is 8.58. The summed E-state index contributed by atoms with van der Waals surface area (Å²) >= 11 is 0. The summed E-state index contributed by atoms with van der Waals surface area (Å²) in [5.74, 6) is -0.218. The summed E-state index contributed by atoms with van der Waals surface area (Å²) in [5.41, 5.74) is 1.67. The first-order valence-corrected chi connectivity index (χ1v) is 5.91. The van der Waals surface area contributed by atoms with Crippen LogP contribution in [0.2, 0.25) is 0 Å². The van der Waals surface area contributed by atoms with E-state index in [4.69, 9.17) is 0 Å². The van der Waals surface area contributed by atoms with Crippen molar-refractivity contribution >= 4 is 0 Å². The van der Waals surface area contributed by atoms with E-state index < -0.39 is 0 Å². The van der Waals surface area contributed by atoms with E-state index in [9.17, 15) is 4.39 Å². The molecule has 0 radical (unpaired) electrons. The summed E-state index contributed by atoms with van der Waals surface area (Å²) in [4.78, 5) is 4.15. The molecule has 0 aliphatic carbocycles. The summed E-state index contributed by atoms with van der Waals surface area (Å²) in [6, 6.07) is 6.72. The second kappa shape index (κ2) is 4.77. The highest BCUT2D eigenvalue weighted by atomic mass is 19.1. The first kappa shape index (κ1) is 12.6. The van der Waals surface area contributed by atoms with Gasteiger partial charge in [0.1, 0.15) is 5.82 Å². The van der Waals surface area contributed by atoms with Crippen molar-refractivity contribution in [2.45, 2.75) is 18.8 Å². The molecule has 0 N–H and O–H groups in total. The molecule has 0 saturated carbocycles. The molecule has 94 valence electrons. The molecule has 0 bridgehead atoms. The second-order valence-corrected chi connectivity index (χ2v) is 4.73. The zero-order chi connectivity index (χ0) is 13.2. The summed E-state index contributed by atoms with van der Waals surface area (Å²) in [7, 11) is 1.95. The van der Waals surface area contributed by atoms with E-state index >= 15 is 0 Å². The zero-order valence-corrected chi connectivity index (χ0v) is 10.7. The number of rotatable bonds is 4. The number of aryl methyl sites for hydroxylation is 1. The van der Waals surface area contributed by atoms with E-state index in [-0.39, 0.29) is 11.2 Å². The third kappa shape index (κ3) is 2.08. The Morgan fingerprint density at radius 3 is 2.83 bits per heavy atom. The predicted octanol–water partition coefficient (Wildman–Crippen LogP) is 3.44. The fraction of sp³-hybridized carbons (Fsp3) is 0.267. The maximum Gasteiger partial charge on any atom is 0.123 e. The molecule has 2 rings (SSSR count). The van der Waals surface area contributed by atoms with Crippen molar-refractivity contribution in [2.24, 2.45) is 7.05 Å². The van der Waals surface area contributed by atoms with Gasteiger partial charge in [-0.1, -0.05) is 18.2 Å². The molecule has 0 aliphatic heterocycles. The van der Waals surface area contributed by atoms with Crippen LogP contribution in [0.3, 0.4) is 0 Å². The average molecular weight is 244 g/mol. The summed E-state index contributed by atoms with van der Waals surface area (Å²) in [6.07, 6.45) is 6.18. The molecular formula is C15H17FN2. The van der Waals surface area contributed by atoms with Crippen molar-refractivity contribution in [3.8, 4) is 0 Å². The first-order valence-electron chi connectivity index (χ1n) is 5.91. The molecule has 1 unspecified atom stereocenters. The number of allylic oxidation sites excluding steroid dienone is 1. The molecule has 1 atom stereocenters. The summed E-state index contributed by atoms with van der Waals surface area (Å²) < 4.78 is 15.4. The number of imidazole rings is 1. The standard InChI is InChI=1S/C15H17FN2/c1-4-8-15(2,14-10-17-11-18(14)3)12-6-5-7-13(16)9-12/h4-7,9-11H,1,8H2,2-3H3. The van der Waals surface area contributed by atoms with Gasteiger partial charge < -0.3 is 4.57 Å². The van der Waals surface area contributed by atoms with E-state index in [2.05, 4.69) is 18.5 Å². The van der Waals surface area contributed by atoms with Crippen molar-refractivity contribution in [3.05, 3.63) is 66.5 Å². The Balaban J connectivity index is 2.57. The van der Waals surface area contributed by atoms with Gasteiger partial charge in [0.15, 0.2) is 0 Å². The van der Waals surface area contributed by atoms with E-state index in [0.29, 0.717) is 0 Å². The van der Waals surface area contributed by atoms with Crippen LogP contribution in [0.1, 0.15) is 24.6 Å². The molecule has 0 aliphatic rings. The lowest BCUT2D eigenvalue weighted by Gasteiger charge is -2.29. The Bertz CT molecular complexity index is 559. The molecule has 0 amide bonds. The maximum atomic E-state index is 13.4. The number of benzene rings is 1. The Morgan fingerprint density at radius 1 is 1.50 bits per heavy atom. The fourth-order valence-electron chi connectivity index (χ4n) is 2.38. The molecule has 0 saturated heterocycles. The van der Waals surface area contributed by atoms with Gasteiger partial charge in [0.05, 0.1) is 6.33 Å². The maximum absolute atomic E-state index is 13.4. The van der Waals surface area contributed by atoms with Crippen molar-refractivity contribution in [2.75, 3.05) is 0 Å². The number of aromatic nitrogens is 2. The van der Waals surface area contributed by atoms with Gasteiger partial charge in [-0.05, 0) is 31.0 Å². The molecular weight excluding hydrogens is 227 g/mol. The molecule has 0 fully saturated rings. The number of hydrogen-bond acceptors (Lipinski definition) is 1. The van der Waals surface area contributed by atoms with Crippen LogP contribution in [0.25, 0.3) is 0 Å². The summed E-state index contributed by atoms with van der Waals surface area (Å²) in [5, 5.41) is 0. The van der Waals surface area contributed by atoms with Crippen LogP contribution < -0.4 is 0 Å². The van der Waals surface area contributed by atoms with Gasteiger partial charge in [-0.15, -0.1) is 6.58 Å². The third-order valence-corrected chi connectivity index (χ3v) is 3.40. The highest BCUT2D eigenvalue weighted by molar-refractivity contribution is 5.35. The Labute approximate surface area is 107 Å².